The monoisotopic (exact) mass is 446 g/mol. The molecule has 1 unspecified atom stereocenters. The van der Waals surface area contributed by atoms with Crippen molar-refractivity contribution in [2.45, 2.75) is 68.6 Å². The number of likely N-dealkylation sites (N-methyl/N-ethyl adjacent to an activating group) is 1. The maximum Gasteiger partial charge on any atom is 0.233 e. The van der Waals surface area contributed by atoms with E-state index in [-0.39, 0.29) is 17.4 Å². The van der Waals surface area contributed by atoms with Crippen LogP contribution < -0.4 is 0 Å². The molecule has 8 heteroatoms. The molecule has 2 heterocycles. The Kier molecular flexibility index (Phi) is 6.48. The third-order valence-corrected chi connectivity index (χ3v) is 7.60. The topological polar surface area (TPSA) is 68.1 Å². The standard InChI is InChI=1S/C22H27ClN4O2S/c1-26(20(29)15-30-21-25-24-19-12-3-2-8-14-27(19)21)22(13-7-6-11-18(22)28)16-9-4-5-10-17(16)23/h4-5,9-10H,2-3,6-8,11-15H2,1H3. The van der Waals surface area contributed by atoms with E-state index in [9.17, 15) is 9.59 Å². The first-order chi connectivity index (χ1) is 14.5. The van der Waals surface area contributed by atoms with Gasteiger partial charge in [0, 0.05) is 37.0 Å². The predicted octanol–water partition coefficient (Wildman–Crippen LogP) is 4.25. The number of Topliss-reactive ketones (excluding diaryl/α,β-unsaturated/α-hetero) is 1. The molecule has 4 rings (SSSR count). The molecule has 6 nitrogen and oxygen atoms in total. The van der Waals surface area contributed by atoms with Crippen LogP contribution >= 0.6 is 23.4 Å². The minimum absolute atomic E-state index is 0.0686. The molecule has 0 spiro atoms. The molecular weight excluding hydrogens is 420 g/mol. The molecule has 2 aromatic rings. The van der Waals surface area contributed by atoms with E-state index in [1.165, 1.54) is 18.2 Å². The lowest BCUT2D eigenvalue weighted by molar-refractivity contribution is -0.146. The molecule has 1 aliphatic heterocycles. The molecule has 160 valence electrons. The molecule has 1 aromatic carbocycles. The number of hydrogen-bond donors (Lipinski definition) is 0. The highest BCUT2D eigenvalue weighted by atomic mass is 35.5. The van der Waals surface area contributed by atoms with E-state index < -0.39 is 5.54 Å². The lowest BCUT2D eigenvalue weighted by Gasteiger charge is -2.44. The Morgan fingerprint density at radius 2 is 1.97 bits per heavy atom. The summed E-state index contributed by atoms with van der Waals surface area (Å²) in [7, 11) is 1.74. The average Bonchev–Trinajstić information content (AvgIpc) is 2.98. The Hall–Kier alpha value is -1.86. The van der Waals surface area contributed by atoms with E-state index in [1.807, 2.05) is 18.2 Å². The highest BCUT2D eigenvalue weighted by Gasteiger charge is 2.47. The summed E-state index contributed by atoms with van der Waals surface area (Å²) in [6, 6.07) is 7.39. The molecule has 30 heavy (non-hydrogen) atoms. The van der Waals surface area contributed by atoms with Crippen LogP contribution in [0.15, 0.2) is 29.4 Å². The van der Waals surface area contributed by atoms with Gasteiger partial charge in [0.1, 0.15) is 11.4 Å². The zero-order chi connectivity index (χ0) is 21.1. The second-order valence-corrected chi connectivity index (χ2v) is 9.42. The summed E-state index contributed by atoms with van der Waals surface area (Å²) in [6.07, 6.45) is 7.18. The number of aryl methyl sites for hydroxylation is 1. The van der Waals surface area contributed by atoms with E-state index >= 15 is 0 Å². The molecule has 2 aliphatic rings. The van der Waals surface area contributed by atoms with Gasteiger partial charge in [0.2, 0.25) is 5.91 Å². The quantitative estimate of drug-likeness (QED) is 0.642. The summed E-state index contributed by atoms with van der Waals surface area (Å²) < 4.78 is 2.14. The second kappa shape index (κ2) is 9.10. The number of carbonyl (C=O) groups is 2. The van der Waals surface area contributed by atoms with Crippen LogP contribution in [0.3, 0.4) is 0 Å². The van der Waals surface area contributed by atoms with Gasteiger partial charge in [-0.05, 0) is 38.2 Å². The van der Waals surface area contributed by atoms with Crippen LogP contribution in [0.1, 0.15) is 56.3 Å². The number of fused-ring (bicyclic) bond motifs is 1. The fraction of sp³-hybridized carbons (Fsp3) is 0.545. The van der Waals surface area contributed by atoms with E-state index in [0.717, 1.165) is 55.2 Å². The zero-order valence-corrected chi connectivity index (χ0v) is 18.8. The normalized spacial score (nSPS) is 21.7. The number of aromatic nitrogens is 3. The Morgan fingerprint density at radius 3 is 2.77 bits per heavy atom. The highest BCUT2D eigenvalue weighted by molar-refractivity contribution is 7.99. The molecule has 1 amide bonds. The maximum absolute atomic E-state index is 13.3. The van der Waals surface area contributed by atoms with Crippen LogP contribution in [-0.4, -0.2) is 44.2 Å². The van der Waals surface area contributed by atoms with Crippen LogP contribution in [0.2, 0.25) is 5.02 Å². The second-order valence-electron chi connectivity index (χ2n) is 8.07. The maximum atomic E-state index is 13.3. The zero-order valence-electron chi connectivity index (χ0n) is 17.3. The minimum Gasteiger partial charge on any atom is -0.328 e. The molecule has 0 bridgehead atoms. The number of rotatable bonds is 5. The third-order valence-electron chi connectivity index (χ3n) is 6.32. The first kappa shape index (κ1) is 21.4. The number of carbonyl (C=O) groups excluding carboxylic acids is 2. The van der Waals surface area contributed by atoms with Gasteiger partial charge in [-0.1, -0.05) is 48.0 Å². The van der Waals surface area contributed by atoms with Crippen molar-refractivity contribution in [3.8, 4) is 0 Å². The molecule has 1 aliphatic carbocycles. The lowest BCUT2D eigenvalue weighted by Crippen LogP contribution is -2.54. The van der Waals surface area contributed by atoms with Crippen LogP contribution in [0.25, 0.3) is 0 Å². The molecule has 1 atom stereocenters. The molecule has 0 saturated heterocycles. The number of nitrogens with zero attached hydrogens (tertiary/aromatic N) is 4. The number of hydrogen-bond acceptors (Lipinski definition) is 5. The minimum atomic E-state index is -0.990. The largest absolute Gasteiger partial charge is 0.328 e. The van der Waals surface area contributed by atoms with Crippen molar-refractivity contribution in [2.24, 2.45) is 0 Å². The summed E-state index contributed by atoms with van der Waals surface area (Å²) in [5.74, 6) is 1.19. The Morgan fingerprint density at radius 1 is 1.17 bits per heavy atom. The van der Waals surface area contributed by atoms with Gasteiger partial charge in [0.25, 0.3) is 0 Å². The predicted molar refractivity (Wildman–Crippen MR) is 118 cm³/mol. The summed E-state index contributed by atoms with van der Waals surface area (Å²) in [4.78, 5) is 28.1. The highest BCUT2D eigenvalue weighted by Crippen LogP contribution is 2.42. The third kappa shape index (κ3) is 3.89. The van der Waals surface area contributed by atoms with Crippen LogP contribution in [0, 0.1) is 0 Å². The van der Waals surface area contributed by atoms with E-state index in [4.69, 9.17) is 11.6 Å². The van der Waals surface area contributed by atoms with Gasteiger partial charge in [-0.2, -0.15) is 0 Å². The fourth-order valence-corrected chi connectivity index (χ4v) is 5.82. The number of amides is 1. The summed E-state index contributed by atoms with van der Waals surface area (Å²) in [6.45, 7) is 0.900. The SMILES string of the molecule is CN(C(=O)CSc1nnc2n1CCCCC2)C1(c2ccccc2Cl)CCCCC1=O. The van der Waals surface area contributed by atoms with Crippen molar-refractivity contribution >= 4 is 35.1 Å². The number of benzene rings is 1. The first-order valence-electron chi connectivity index (χ1n) is 10.6. The van der Waals surface area contributed by atoms with Gasteiger partial charge in [-0.3, -0.25) is 9.59 Å². The summed E-state index contributed by atoms with van der Waals surface area (Å²) in [5, 5.41) is 9.93. The van der Waals surface area contributed by atoms with Gasteiger partial charge in [0.15, 0.2) is 10.9 Å². The van der Waals surface area contributed by atoms with Crippen LogP contribution in [-0.2, 0) is 28.1 Å². The molecule has 1 saturated carbocycles. The van der Waals surface area contributed by atoms with Gasteiger partial charge in [-0.25, -0.2) is 0 Å². The van der Waals surface area contributed by atoms with Crippen molar-refractivity contribution in [1.29, 1.82) is 0 Å². The average molecular weight is 447 g/mol. The van der Waals surface area contributed by atoms with Crippen molar-refractivity contribution in [3.05, 3.63) is 40.7 Å². The molecule has 1 fully saturated rings. The van der Waals surface area contributed by atoms with Crippen molar-refractivity contribution in [2.75, 3.05) is 12.8 Å². The molecule has 0 radical (unpaired) electrons. The smallest absolute Gasteiger partial charge is 0.233 e. The van der Waals surface area contributed by atoms with E-state index in [0.29, 0.717) is 17.9 Å². The van der Waals surface area contributed by atoms with Gasteiger partial charge >= 0.3 is 0 Å². The van der Waals surface area contributed by atoms with Crippen LogP contribution in [0.4, 0.5) is 0 Å². The van der Waals surface area contributed by atoms with Crippen molar-refractivity contribution in [1.82, 2.24) is 19.7 Å². The summed E-state index contributed by atoms with van der Waals surface area (Å²) >= 11 is 7.90. The van der Waals surface area contributed by atoms with Crippen LogP contribution in [0.5, 0.6) is 0 Å². The Balaban J connectivity index is 1.56. The van der Waals surface area contributed by atoms with Gasteiger partial charge in [-0.15, -0.1) is 10.2 Å². The van der Waals surface area contributed by atoms with Gasteiger partial charge < -0.3 is 9.47 Å². The first-order valence-corrected chi connectivity index (χ1v) is 12.0. The molecular formula is C22H27ClN4O2S. The fourth-order valence-electron chi connectivity index (χ4n) is 4.63. The Labute approximate surface area is 186 Å². The number of ketones is 1. The number of halogens is 1. The van der Waals surface area contributed by atoms with Crippen molar-refractivity contribution in [3.63, 3.8) is 0 Å². The van der Waals surface area contributed by atoms with E-state index in [1.54, 1.807) is 18.0 Å². The van der Waals surface area contributed by atoms with Crippen molar-refractivity contribution < 1.29 is 9.59 Å². The van der Waals surface area contributed by atoms with E-state index in [2.05, 4.69) is 14.8 Å². The Bertz CT molecular complexity index is 947. The summed E-state index contributed by atoms with van der Waals surface area (Å²) in [5.41, 5.74) is -0.260. The number of thioether (sulfide) groups is 1. The molecule has 1 aromatic heterocycles. The lowest BCUT2D eigenvalue weighted by atomic mass is 9.74. The van der Waals surface area contributed by atoms with Gasteiger partial charge in [0.05, 0.1) is 5.75 Å². The molecule has 0 N–H and O–H groups in total.